The number of thioether (sulfide) groups is 1. The fourth-order valence-corrected chi connectivity index (χ4v) is 4.05. The van der Waals surface area contributed by atoms with Gasteiger partial charge in [0.05, 0.1) is 25.2 Å². The Bertz CT molecular complexity index is 1100. The lowest BCUT2D eigenvalue weighted by Crippen LogP contribution is -2.26. The van der Waals surface area contributed by atoms with E-state index < -0.39 is 0 Å². The van der Waals surface area contributed by atoms with Crippen molar-refractivity contribution >= 4 is 29.3 Å². The van der Waals surface area contributed by atoms with Crippen LogP contribution < -0.4 is 20.1 Å². The Balaban J connectivity index is 1.51. The van der Waals surface area contributed by atoms with E-state index in [0.717, 1.165) is 5.82 Å². The van der Waals surface area contributed by atoms with Crippen LogP contribution in [0, 0.1) is 0 Å². The summed E-state index contributed by atoms with van der Waals surface area (Å²) < 4.78 is 12.6. The van der Waals surface area contributed by atoms with Crippen molar-refractivity contribution in [2.75, 3.05) is 31.3 Å². The number of para-hydroxylation sites is 2. The van der Waals surface area contributed by atoms with Crippen LogP contribution in [0.2, 0.25) is 0 Å². The third-order valence-corrected chi connectivity index (χ3v) is 5.86. The minimum absolute atomic E-state index is 0.156. The van der Waals surface area contributed by atoms with Crippen molar-refractivity contribution in [2.24, 2.45) is 0 Å². The molecule has 34 heavy (non-hydrogen) atoms. The molecule has 3 rings (SSSR count). The van der Waals surface area contributed by atoms with Gasteiger partial charge >= 0.3 is 0 Å². The van der Waals surface area contributed by atoms with Crippen LogP contribution in [0.3, 0.4) is 0 Å². The zero-order chi connectivity index (χ0) is 24.3. The van der Waals surface area contributed by atoms with Crippen LogP contribution in [0.4, 0.5) is 5.69 Å². The van der Waals surface area contributed by atoms with Gasteiger partial charge in [-0.1, -0.05) is 23.9 Å². The lowest BCUT2D eigenvalue weighted by molar-refractivity contribution is -0.113. The van der Waals surface area contributed by atoms with E-state index in [1.54, 1.807) is 37.4 Å². The van der Waals surface area contributed by atoms with Crippen molar-refractivity contribution in [3.05, 3.63) is 59.9 Å². The number of rotatable bonds is 12. The second kappa shape index (κ2) is 12.6. The number of methoxy groups -OCH3 is 1. The lowest BCUT2D eigenvalue weighted by atomic mass is 10.2. The standard InChI is InChI=1S/C24H29N5O4S/c1-4-29-21(14-15-25-23(31)17-10-12-18(32-3)13-11-17)27-28-24(29)34-16-22(30)26-19-8-6-7-9-20(19)33-5-2/h6-13H,4-5,14-16H2,1-3H3,(H,25,31)(H,26,30). The number of nitrogens with zero attached hydrogens (tertiary/aromatic N) is 3. The number of carbonyl (C=O) groups excluding carboxylic acids is 2. The van der Waals surface area contributed by atoms with Crippen LogP contribution in [0.15, 0.2) is 53.7 Å². The molecule has 0 atom stereocenters. The molecule has 2 N–H and O–H groups in total. The molecule has 180 valence electrons. The largest absolute Gasteiger partial charge is 0.497 e. The van der Waals surface area contributed by atoms with E-state index in [-0.39, 0.29) is 17.6 Å². The Kier molecular flexibility index (Phi) is 9.33. The molecular weight excluding hydrogens is 454 g/mol. The highest BCUT2D eigenvalue weighted by molar-refractivity contribution is 7.99. The van der Waals surface area contributed by atoms with Crippen LogP contribution in [0.25, 0.3) is 0 Å². The molecule has 2 amide bonds. The highest BCUT2D eigenvalue weighted by Crippen LogP contribution is 2.24. The van der Waals surface area contributed by atoms with Gasteiger partial charge < -0.3 is 24.7 Å². The van der Waals surface area contributed by atoms with Gasteiger partial charge in [-0.25, -0.2) is 0 Å². The average Bonchev–Trinajstić information content (AvgIpc) is 3.25. The predicted molar refractivity (Wildman–Crippen MR) is 132 cm³/mol. The topological polar surface area (TPSA) is 107 Å². The zero-order valence-corrected chi connectivity index (χ0v) is 20.4. The molecule has 0 aliphatic heterocycles. The monoisotopic (exact) mass is 483 g/mol. The summed E-state index contributed by atoms with van der Waals surface area (Å²) in [5.74, 6) is 1.96. The molecule has 2 aromatic carbocycles. The third kappa shape index (κ3) is 6.74. The van der Waals surface area contributed by atoms with E-state index in [9.17, 15) is 9.59 Å². The molecule has 0 bridgehead atoms. The summed E-state index contributed by atoms with van der Waals surface area (Å²) in [6, 6.07) is 14.3. The second-order valence-electron chi connectivity index (χ2n) is 7.14. The summed E-state index contributed by atoms with van der Waals surface area (Å²) in [4.78, 5) is 24.8. The van der Waals surface area contributed by atoms with E-state index in [1.165, 1.54) is 11.8 Å². The number of amides is 2. The number of carbonyl (C=O) groups is 2. The fraction of sp³-hybridized carbons (Fsp3) is 0.333. The van der Waals surface area contributed by atoms with Crippen molar-refractivity contribution in [2.45, 2.75) is 32.0 Å². The zero-order valence-electron chi connectivity index (χ0n) is 19.5. The van der Waals surface area contributed by atoms with E-state index in [2.05, 4.69) is 20.8 Å². The summed E-state index contributed by atoms with van der Waals surface area (Å²) in [5.41, 5.74) is 1.20. The van der Waals surface area contributed by atoms with E-state index in [0.29, 0.717) is 54.0 Å². The van der Waals surface area contributed by atoms with E-state index in [4.69, 9.17) is 9.47 Å². The van der Waals surface area contributed by atoms with Gasteiger partial charge in [-0.2, -0.15) is 0 Å². The summed E-state index contributed by atoms with van der Waals surface area (Å²) in [7, 11) is 1.58. The number of aromatic nitrogens is 3. The number of benzene rings is 2. The average molecular weight is 484 g/mol. The molecule has 0 radical (unpaired) electrons. The molecule has 0 aliphatic carbocycles. The first-order chi connectivity index (χ1) is 16.5. The molecular formula is C24H29N5O4S. The molecule has 0 unspecified atom stereocenters. The van der Waals surface area contributed by atoms with E-state index in [1.807, 2.05) is 36.6 Å². The van der Waals surface area contributed by atoms with Crippen molar-refractivity contribution in [3.8, 4) is 11.5 Å². The molecule has 10 heteroatoms. The van der Waals surface area contributed by atoms with Crippen LogP contribution in [-0.2, 0) is 17.8 Å². The van der Waals surface area contributed by atoms with Crippen molar-refractivity contribution < 1.29 is 19.1 Å². The maximum atomic E-state index is 12.5. The Morgan fingerprint density at radius 2 is 1.82 bits per heavy atom. The third-order valence-electron chi connectivity index (χ3n) is 4.89. The minimum Gasteiger partial charge on any atom is -0.497 e. The maximum Gasteiger partial charge on any atom is 0.251 e. The number of anilines is 1. The predicted octanol–water partition coefficient (Wildman–Crippen LogP) is 3.41. The lowest BCUT2D eigenvalue weighted by Gasteiger charge is -2.11. The smallest absolute Gasteiger partial charge is 0.251 e. The molecule has 1 aromatic heterocycles. The molecule has 3 aromatic rings. The molecule has 1 heterocycles. The Morgan fingerprint density at radius 1 is 1.06 bits per heavy atom. The van der Waals surface area contributed by atoms with E-state index >= 15 is 0 Å². The summed E-state index contributed by atoms with van der Waals surface area (Å²) >= 11 is 1.32. The van der Waals surface area contributed by atoms with Gasteiger partial charge in [0.15, 0.2) is 5.16 Å². The van der Waals surface area contributed by atoms with Gasteiger partial charge in [-0.05, 0) is 50.2 Å². The van der Waals surface area contributed by atoms with Gasteiger partial charge in [0, 0.05) is 25.1 Å². The van der Waals surface area contributed by atoms with Crippen LogP contribution in [-0.4, -0.2) is 52.6 Å². The molecule has 9 nitrogen and oxygen atoms in total. The molecule has 0 fully saturated rings. The maximum absolute atomic E-state index is 12.5. The number of hydrogen-bond acceptors (Lipinski definition) is 7. The first kappa shape index (κ1) is 25.1. The molecule has 0 aliphatic rings. The van der Waals surface area contributed by atoms with Crippen LogP contribution in [0.5, 0.6) is 11.5 Å². The van der Waals surface area contributed by atoms with Gasteiger partial charge in [0.1, 0.15) is 17.3 Å². The number of ether oxygens (including phenoxy) is 2. The Hall–Kier alpha value is -3.53. The SMILES string of the molecule is CCOc1ccccc1NC(=O)CSc1nnc(CCNC(=O)c2ccc(OC)cc2)n1CC. The van der Waals surface area contributed by atoms with Gasteiger partial charge in [0.2, 0.25) is 5.91 Å². The quantitative estimate of drug-likeness (QED) is 0.380. The summed E-state index contributed by atoms with van der Waals surface area (Å²) in [6.45, 7) is 5.48. The molecule has 0 saturated carbocycles. The fourth-order valence-electron chi connectivity index (χ4n) is 3.23. The second-order valence-corrected chi connectivity index (χ2v) is 8.09. The van der Waals surface area contributed by atoms with Gasteiger partial charge in [-0.3, -0.25) is 9.59 Å². The first-order valence-corrected chi connectivity index (χ1v) is 12.0. The molecule has 0 spiro atoms. The summed E-state index contributed by atoms with van der Waals surface area (Å²) in [5, 5.41) is 14.9. The van der Waals surface area contributed by atoms with Crippen molar-refractivity contribution in [3.63, 3.8) is 0 Å². The normalized spacial score (nSPS) is 10.6. The van der Waals surface area contributed by atoms with Crippen LogP contribution >= 0.6 is 11.8 Å². The first-order valence-electron chi connectivity index (χ1n) is 11.0. The van der Waals surface area contributed by atoms with Crippen molar-refractivity contribution in [1.82, 2.24) is 20.1 Å². The highest BCUT2D eigenvalue weighted by Gasteiger charge is 2.15. The highest BCUT2D eigenvalue weighted by atomic mass is 32.2. The van der Waals surface area contributed by atoms with Crippen LogP contribution in [0.1, 0.15) is 30.0 Å². The van der Waals surface area contributed by atoms with Gasteiger partial charge in [0.25, 0.3) is 5.91 Å². The number of hydrogen-bond donors (Lipinski definition) is 2. The minimum atomic E-state index is -0.163. The van der Waals surface area contributed by atoms with Gasteiger partial charge in [-0.15, -0.1) is 10.2 Å². The number of nitrogens with one attached hydrogen (secondary N) is 2. The summed E-state index contributed by atoms with van der Waals surface area (Å²) in [6.07, 6.45) is 0.525. The van der Waals surface area contributed by atoms with Crippen molar-refractivity contribution in [1.29, 1.82) is 0 Å². The Morgan fingerprint density at radius 3 is 2.53 bits per heavy atom. The molecule has 0 saturated heterocycles. The Labute approximate surface area is 203 Å².